The van der Waals surface area contributed by atoms with Crippen molar-refractivity contribution in [3.63, 3.8) is 0 Å². The van der Waals surface area contributed by atoms with Gasteiger partial charge in [-0.25, -0.2) is 9.78 Å². The third kappa shape index (κ3) is 2.99. The topological polar surface area (TPSA) is 79.7 Å². The van der Waals surface area contributed by atoms with Crippen molar-refractivity contribution >= 4 is 23.2 Å². The highest BCUT2D eigenvalue weighted by molar-refractivity contribution is 7.09. The Morgan fingerprint density at radius 2 is 2.21 bits per heavy atom. The summed E-state index contributed by atoms with van der Waals surface area (Å²) in [6, 6.07) is 5.24. The molecule has 3 rings (SSSR count). The number of amides is 1. The molecule has 2 heterocycles. The number of hydrogen-bond donors (Lipinski definition) is 1. The van der Waals surface area contributed by atoms with Crippen LogP contribution in [0.4, 0.5) is 0 Å². The summed E-state index contributed by atoms with van der Waals surface area (Å²) in [6.45, 7) is 2.57. The van der Waals surface area contributed by atoms with E-state index >= 15 is 0 Å². The number of likely N-dealkylation sites (tertiary alicyclic amines) is 1. The van der Waals surface area contributed by atoms with E-state index in [-0.39, 0.29) is 17.6 Å². The number of benzene rings is 1. The minimum atomic E-state index is -1.04. The second kappa shape index (κ2) is 6.60. The van der Waals surface area contributed by atoms with Gasteiger partial charge in [0.15, 0.2) is 5.69 Å². The molecule has 1 fully saturated rings. The van der Waals surface area contributed by atoms with Crippen molar-refractivity contribution in [3.8, 4) is 5.75 Å². The Labute approximate surface area is 143 Å². The number of aromatic carboxylic acids is 1. The molecule has 0 radical (unpaired) electrons. The lowest BCUT2D eigenvalue weighted by atomic mass is 10.1. The number of nitrogens with zero attached hydrogens (tertiary/aromatic N) is 2. The molecule has 1 saturated heterocycles. The fourth-order valence-electron chi connectivity index (χ4n) is 2.92. The van der Waals surface area contributed by atoms with Gasteiger partial charge >= 0.3 is 5.97 Å². The first kappa shape index (κ1) is 16.4. The van der Waals surface area contributed by atoms with Gasteiger partial charge in [0.1, 0.15) is 10.8 Å². The highest BCUT2D eigenvalue weighted by atomic mass is 32.1. The molecule has 0 aliphatic carbocycles. The van der Waals surface area contributed by atoms with Crippen molar-refractivity contribution in [1.29, 1.82) is 0 Å². The van der Waals surface area contributed by atoms with E-state index in [9.17, 15) is 9.59 Å². The zero-order valence-electron chi connectivity index (χ0n) is 13.5. The Morgan fingerprint density at radius 3 is 2.88 bits per heavy atom. The highest BCUT2D eigenvalue weighted by Crippen LogP contribution is 2.35. The molecule has 1 atom stereocenters. The Morgan fingerprint density at radius 1 is 1.42 bits per heavy atom. The molecule has 0 bridgehead atoms. The average Bonchev–Trinajstić information content (AvgIpc) is 3.23. The second-order valence-corrected chi connectivity index (χ2v) is 6.61. The first-order chi connectivity index (χ1) is 11.5. The maximum Gasteiger partial charge on any atom is 0.355 e. The van der Waals surface area contributed by atoms with E-state index in [1.165, 1.54) is 16.7 Å². The molecule has 6 nitrogen and oxygen atoms in total. The summed E-state index contributed by atoms with van der Waals surface area (Å²) in [5.41, 5.74) is 1.57. The summed E-state index contributed by atoms with van der Waals surface area (Å²) in [7, 11) is 1.58. The summed E-state index contributed by atoms with van der Waals surface area (Å²) in [4.78, 5) is 29.8. The number of carboxylic acid groups (broad SMARTS) is 1. The van der Waals surface area contributed by atoms with Crippen LogP contribution in [0.3, 0.4) is 0 Å². The first-order valence-electron chi connectivity index (χ1n) is 7.65. The number of aromatic nitrogens is 1. The quantitative estimate of drug-likeness (QED) is 0.920. The van der Waals surface area contributed by atoms with E-state index in [1.54, 1.807) is 24.1 Å². The SMILES string of the molecule is COc1cc(C(=O)N2CCC[C@H]2c2nc(C(=O)O)cs2)ccc1C. The number of thiazole rings is 1. The van der Waals surface area contributed by atoms with Gasteiger partial charge < -0.3 is 14.7 Å². The van der Waals surface area contributed by atoms with Gasteiger partial charge in [-0.05, 0) is 37.5 Å². The third-order valence-electron chi connectivity index (χ3n) is 4.19. The predicted molar refractivity (Wildman–Crippen MR) is 89.8 cm³/mol. The summed E-state index contributed by atoms with van der Waals surface area (Å²) < 4.78 is 5.29. The molecule has 0 saturated carbocycles. The lowest BCUT2D eigenvalue weighted by molar-refractivity contribution is 0.0691. The van der Waals surface area contributed by atoms with Gasteiger partial charge in [-0.3, -0.25) is 4.79 Å². The zero-order valence-corrected chi connectivity index (χ0v) is 14.3. The van der Waals surface area contributed by atoms with Crippen LogP contribution >= 0.6 is 11.3 Å². The van der Waals surface area contributed by atoms with Crippen molar-refractivity contribution in [2.45, 2.75) is 25.8 Å². The number of rotatable bonds is 4. The summed E-state index contributed by atoms with van der Waals surface area (Å²) in [5.74, 6) is -0.446. The molecule has 24 heavy (non-hydrogen) atoms. The van der Waals surface area contributed by atoms with Crippen LogP contribution in [0.15, 0.2) is 23.6 Å². The Balaban J connectivity index is 1.86. The Bertz CT molecular complexity index is 787. The van der Waals surface area contributed by atoms with Gasteiger partial charge in [-0.15, -0.1) is 11.3 Å². The highest BCUT2D eigenvalue weighted by Gasteiger charge is 2.33. The number of methoxy groups -OCH3 is 1. The van der Waals surface area contributed by atoms with E-state index in [2.05, 4.69) is 4.98 Å². The van der Waals surface area contributed by atoms with Gasteiger partial charge in [-0.2, -0.15) is 0 Å². The van der Waals surface area contributed by atoms with Crippen LogP contribution < -0.4 is 4.74 Å². The molecule has 1 amide bonds. The van der Waals surface area contributed by atoms with Crippen LogP contribution in [0.2, 0.25) is 0 Å². The van der Waals surface area contributed by atoms with Gasteiger partial charge in [-0.1, -0.05) is 6.07 Å². The molecule has 126 valence electrons. The lowest BCUT2D eigenvalue weighted by Gasteiger charge is -2.23. The monoisotopic (exact) mass is 346 g/mol. The minimum absolute atomic E-state index is 0.0336. The molecular formula is C17H18N2O4S. The molecule has 1 aromatic heterocycles. The summed E-state index contributed by atoms with van der Waals surface area (Å²) >= 11 is 1.29. The predicted octanol–water partition coefficient (Wildman–Crippen LogP) is 3.14. The van der Waals surface area contributed by atoms with E-state index < -0.39 is 5.97 Å². The molecule has 1 aromatic carbocycles. The number of carbonyl (C=O) groups excluding carboxylic acids is 1. The van der Waals surface area contributed by atoms with Crippen molar-refractivity contribution < 1.29 is 19.4 Å². The summed E-state index contributed by atoms with van der Waals surface area (Å²) in [5, 5.41) is 11.2. The number of aryl methyl sites for hydroxylation is 1. The van der Waals surface area contributed by atoms with Crippen LogP contribution in [0.5, 0.6) is 5.75 Å². The molecule has 0 spiro atoms. The second-order valence-electron chi connectivity index (χ2n) is 5.72. The van der Waals surface area contributed by atoms with Gasteiger partial charge in [0.25, 0.3) is 5.91 Å². The number of carbonyl (C=O) groups is 2. The van der Waals surface area contributed by atoms with E-state index in [4.69, 9.17) is 9.84 Å². The minimum Gasteiger partial charge on any atom is -0.496 e. The van der Waals surface area contributed by atoms with Crippen molar-refractivity contribution in [2.24, 2.45) is 0 Å². The fourth-order valence-corrected chi connectivity index (χ4v) is 3.86. The number of ether oxygens (including phenoxy) is 1. The Kier molecular flexibility index (Phi) is 4.53. The molecule has 7 heteroatoms. The average molecular weight is 346 g/mol. The zero-order chi connectivity index (χ0) is 17.3. The maximum absolute atomic E-state index is 12.9. The van der Waals surface area contributed by atoms with E-state index in [1.807, 2.05) is 13.0 Å². The van der Waals surface area contributed by atoms with Crippen molar-refractivity contribution in [2.75, 3.05) is 13.7 Å². The fraction of sp³-hybridized carbons (Fsp3) is 0.353. The van der Waals surface area contributed by atoms with Crippen LogP contribution in [0.25, 0.3) is 0 Å². The van der Waals surface area contributed by atoms with E-state index in [0.717, 1.165) is 18.4 Å². The van der Waals surface area contributed by atoms with Gasteiger partial charge in [0.05, 0.1) is 13.2 Å². The number of hydrogen-bond acceptors (Lipinski definition) is 5. The van der Waals surface area contributed by atoms with Crippen molar-refractivity contribution in [3.05, 3.63) is 45.4 Å². The first-order valence-corrected chi connectivity index (χ1v) is 8.53. The normalized spacial score (nSPS) is 17.1. The molecular weight excluding hydrogens is 328 g/mol. The van der Waals surface area contributed by atoms with Crippen molar-refractivity contribution in [1.82, 2.24) is 9.88 Å². The third-order valence-corrected chi connectivity index (χ3v) is 5.14. The van der Waals surface area contributed by atoms with Crippen LogP contribution in [0.1, 0.15) is 50.3 Å². The molecule has 1 aliphatic heterocycles. The van der Waals surface area contributed by atoms with Crippen LogP contribution in [-0.4, -0.2) is 40.5 Å². The van der Waals surface area contributed by atoms with Crippen LogP contribution in [0, 0.1) is 6.92 Å². The number of carboxylic acids is 1. The smallest absolute Gasteiger partial charge is 0.355 e. The Hall–Kier alpha value is -2.41. The molecule has 1 N–H and O–H groups in total. The largest absolute Gasteiger partial charge is 0.496 e. The van der Waals surface area contributed by atoms with Gasteiger partial charge in [0, 0.05) is 17.5 Å². The van der Waals surface area contributed by atoms with Gasteiger partial charge in [0.2, 0.25) is 0 Å². The lowest BCUT2D eigenvalue weighted by Crippen LogP contribution is -2.30. The van der Waals surface area contributed by atoms with E-state index in [0.29, 0.717) is 22.9 Å². The molecule has 2 aromatic rings. The maximum atomic E-state index is 12.9. The standard InChI is InChI=1S/C17H18N2O4S/c1-10-5-6-11(8-14(10)23-2)16(20)19-7-3-4-13(19)15-18-12(9-24-15)17(21)22/h5-6,8-9,13H,3-4,7H2,1-2H3,(H,21,22)/t13-/m0/s1. The molecule has 1 aliphatic rings. The van der Waals surface area contributed by atoms with Crippen LogP contribution in [-0.2, 0) is 0 Å². The molecule has 0 unspecified atom stereocenters. The summed E-state index contributed by atoms with van der Waals surface area (Å²) in [6.07, 6.45) is 1.67.